The Labute approximate surface area is 185 Å². The normalized spacial score (nSPS) is 11.0. The zero-order valence-electron chi connectivity index (χ0n) is 18.4. The van der Waals surface area contributed by atoms with Crippen LogP contribution in [0.15, 0.2) is 29.6 Å². The number of aromatic nitrogens is 4. The maximum absolute atomic E-state index is 12.7. The molecular weight excluding hydrogens is 416 g/mol. The summed E-state index contributed by atoms with van der Waals surface area (Å²) in [5, 5.41) is 12.3. The standard InChI is InChI=1S/C21H28N6O3S/c1-13(2)11-23-18-15-12-24-27(19(15)26-21(25-18)31-5)10-9-22-20(28)14-7-6-8-16(29-3)17(14)30-4/h6-8,12-13H,9-11H2,1-5H3,(H,22,28)(H,23,25,26). The molecule has 166 valence electrons. The van der Waals surface area contributed by atoms with Crippen molar-refractivity contribution in [3.63, 3.8) is 0 Å². The van der Waals surface area contributed by atoms with Crippen molar-refractivity contribution in [3.8, 4) is 11.5 Å². The third kappa shape index (κ3) is 5.19. The predicted molar refractivity (Wildman–Crippen MR) is 122 cm³/mol. The molecule has 0 aliphatic carbocycles. The number of fused-ring (bicyclic) bond motifs is 1. The Balaban J connectivity index is 1.74. The second-order valence-corrected chi connectivity index (χ2v) is 8.01. The molecule has 0 bridgehead atoms. The Kier molecular flexibility index (Phi) is 7.56. The van der Waals surface area contributed by atoms with Gasteiger partial charge in [0, 0.05) is 13.1 Å². The van der Waals surface area contributed by atoms with Crippen LogP contribution in [0.5, 0.6) is 11.5 Å². The first-order valence-electron chi connectivity index (χ1n) is 9.99. The van der Waals surface area contributed by atoms with Crippen LogP contribution in [0.2, 0.25) is 0 Å². The molecule has 9 nitrogen and oxygen atoms in total. The van der Waals surface area contributed by atoms with Crippen molar-refractivity contribution >= 4 is 34.5 Å². The fourth-order valence-electron chi connectivity index (χ4n) is 3.06. The molecule has 0 atom stereocenters. The molecule has 0 spiro atoms. The minimum atomic E-state index is -0.245. The quantitative estimate of drug-likeness (QED) is 0.363. The van der Waals surface area contributed by atoms with E-state index in [1.165, 1.54) is 26.0 Å². The largest absolute Gasteiger partial charge is 0.493 e. The van der Waals surface area contributed by atoms with Gasteiger partial charge in [0.15, 0.2) is 22.3 Å². The third-order valence-corrected chi connectivity index (χ3v) is 5.14. The number of methoxy groups -OCH3 is 2. The number of thioether (sulfide) groups is 1. The smallest absolute Gasteiger partial charge is 0.255 e. The first-order valence-corrected chi connectivity index (χ1v) is 11.2. The van der Waals surface area contributed by atoms with Gasteiger partial charge in [-0.15, -0.1) is 0 Å². The summed E-state index contributed by atoms with van der Waals surface area (Å²) in [4.78, 5) is 21.9. The third-order valence-electron chi connectivity index (χ3n) is 4.59. The van der Waals surface area contributed by atoms with Crippen LogP contribution in [-0.2, 0) is 6.54 Å². The van der Waals surface area contributed by atoms with Crippen LogP contribution in [0.4, 0.5) is 5.82 Å². The van der Waals surface area contributed by atoms with E-state index in [4.69, 9.17) is 9.47 Å². The maximum atomic E-state index is 12.7. The number of hydrogen-bond donors (Lipinski definition) is 2. The van der Waals surface area contributed by atoms with E-state index in [1.807, 2.05) is 6.26 Å². The van der Waals surface area contributed by atoms with E-state index in [9.17, 15) is 4.79 Å². The van der Waals surface area contributed by atoms with Gasteiger partial charge < -0.3 is 20.1 Å². The van der Waals surface area contributed by atoms with Crippen molar-refractivity contribution in [3.05, 3.63) is 30.0 Å². The Morgan fingerprint density at radius 3 is 2.71 bits per heavy atom. The summed E-state index contributed by atoms with van der Waals surface area (Å²) >= 11 is 1.48. The molecule has 2 heterocycles. The van der Waals surface area contributed by atoms with Crippen LogP contribution in [0.25, 0.3) is 11.0 Å². The second-order valence-electron chi connectivity index (χ2n) is 7.24. The van der Waals surface area contributed by atoms with E-state index in [2.05, 4.69) is 39.5 Å². The molecule has 0 aliphatic heterocycles. The number of nitrogens with zero attached hydrogens (tertiary/aromatic N) is 4. The SMILES string of the molecule is COc1cccc(C(=O)NCCn2ncc3c(NCC(C)C)nc(SC)nc32)c1OC. The Morgan fingerprint density at radius 2 is 2.03 bits per heavy atom. The Hall–Kier alpha value is -3.01. The Morgan fingerprint density at radius 1 is 1.23 bits per heavy atom. The van der Waals surface area contributed by atoms with Gasteiger partial charge in [-0.1, -0.05) is 31.7 Å². The van der Waals surface area contributed by atoms with Gasteiger partial charge in [-0.05, 0) is 24.3 Å². The summed E-state index contributed by atoms with van der Waals surface area (Å²) in [5.74, 6) is 1.94. The van der Waals surface area contributed by atoms with Crippen LogP contribution < -0.4 is 20.1 Å². The first kappa shape index (κ1) is 22.7. The molecule has 2 aromatic heterocycles. The number of hydrogen-bond acceptors (Lipinski definition) is 8. The number of carbonyl (C=O) groups excluding carboxylic acids is 1. The van der Waals surface area contributed by atoms with Gasteiger partial charge in [0.25, 0.3) is 5.91 Å². The molecule has 1 aromatic carbocycles. The molecule has 0 radical (unpaired) electrons. The van der Waals surface area contributed by atoms with Gasteiger partial charge in [-0.3, -0.25) is 4.79 Å². The first-order chi connectivity index (χ1) is 15.0. The number of amides is 1. The topological polar surface area (TPSA) is 103 Å². The lowest BCUT2D eigenvalue weighted by Crippen LogP contribution is -2.28. The van der Waals surface area contributed by atoms with Gasteiger partial charge >= 0.3 is 0 Å². The summed E-state index contributed by atoms with van der Waals surface area (Å²) in [7, 11) is 3.05. The van der Waals surface area contributed by atoms with Crippen LogP contribution in [-0.4, -0.2) is 59.2 Å². The number of para-hydroxylation sites is 1. The summed E-state index contributed by atoms with van der Waals surface area (Å²) < 4.78 is 12.4. The number of carbonyl (C=O) groups is 1. The molecule has 31 heavy (non-hydrogen) atoms. The highest BCUT2D eigenvalue weighted by Crippen LogP contribution is 2.30. The molecular formula is C21H28N6O3S. The van der Waals surface area contributed by atoms with Crippen LogP contribution in [0.3, 0.4) is 0 Å². The molecule has 0 unspecified atom stereocenters. The van der Waals surface area contributed by atoms with Crippen molar-refractivity contribution < 1.29 is 14.3 Å². The van der Waals surface area contributed by atoms with Gasteiger partial charge in [0.05, 0.1) is 37.9 Å². The average Bonchev–Trinajstić information content (AvgIpc) is 3.19. The fourth-order valence-corrected chi connectivity index (χ4v) is 3.42. The average molecular weight is 445 g/mol. The van der Waals surface area contributed by atoms with Crippen LogP contribution >= 0.6 is 11.8 Å². The van der Waals surface area contributed by atoms with Gasteiger partial charge in [-0.25, -0.2) is 14.6 Å². The summed E-state index contributed by atoms with van der Waals surface area (Å²) in [6, 6.07) is 5.20. The van der Waals surface area contributed by atoms with Crippen molar-refractivity contribution in [1.29, 1.82) is 0 Å². The number of rotatable bonds is 10. The molecule has 0 aliphatic rings. The van der Waals surface area contributed by atoms with Gasteiger partial charge in [-0.2, -0.15) is 5.10 Å². The second kappa shape index (κ2) is 10.3. The lowest BCUT2D eigenvalue weighted by atomic mass is 10.1. The minimum absolute atomic E-state index is 0.245. The molecule has 10 heteroatoms. The van der Waals surface area contributed by atoms with Crippen molar-refractivity contribution in [2.24, 2.45) is 5.92 Å². The van der Waals surface area contributed by atoms with E-state index in [0.717, 1.165) is 23.4 Å². The number of ether oxygens (including phenoxy) is 2. The van der Waals surface area contributed by atoms with E-state index in [0.29, 0.717) is 41.2 Å². The molecule has 3 rings (SSSR count). The van der Waals surface area contributed by atoms with Crippen LogP contribution in [0, 0.1) is 5.92 Å². The highest BCUT2D eigenvalue weighted by molar-refractivity contribution is 7.98. The zero-order valence-corrected chi connectivity index (χ0v) is 19.2. The summed E-state index contributed by atoms with van der Waals surface area (Å²) in [6.07, 6.45) is 3.70. The van der Waals surface area contributed by atoms with E-state index >= 15 is 0 Å². The van der Waals surface area contributed by atoms with Gasteiger partial charge in [0.1, 0.15) is 5.82 Å². The molecule has 2 N–H and O–H groups in total. The van der Waals surface area contributed by atoms with Crippen molar-refractivity contribution in [2.75, 3.05) is 38.9 Å². The molecule has 0 saturated heterocycles. The van der Waals surface area contributed by atoms with Crippen molar-refractivity contribution in [1.82, 2.24) is 25.1 Å². The van der Waals surface area contributed by atoms with E-state index in [-0.39, 0.29) is 5.91 Å². The molecule has 0 saturated carbocycles. The summed E-state index contributed by atoms with van der Waals surface area (Å²) in [5.41, 5.74) is 1.15. The van der Waals surface area contributed by atoms with E-state index < -0.39 is 0 Å². The van der Waals surface area contributed by atoms with Gasteiger partial charge in [0.2, 0.25) is 0 Å². The predicted octanol–water partition coefficient (Wildman–Crippen LogP) is 3.06. The number of benzene rings is 1. The highest BCUT2D eigenvalue weighted by Gasteiger charge is 2.17. The molecule has 1 amide bonds. The monoisotopic (exact) mass is 444 g/mol. The lowest BCUT2D eigenvalue weighted by molar-refractivity contribution is 0.0948. The van der Waals surface area contributed by atoms with E-state index in [1.54, 1.807) is 29.1 Å². The molecule has 0 fully saturated rings. The number of nitrogens with one attached hydrogen (secondary N) is 2. The summed E-state index contributed by atoms with van der Waals surface area (Å²) in [6.45, 7) is 5.94. The number of anilines is 1. The Bertz CT molecular complexity index is 1050. The maximum Gasteiger partial charge on any atom is 0.255 e. The highest BCUT2D eigenvalue weighted by atomic mass is 32.2. The molecule has 3 aromatic rings. The van der Waals surface area contributed by atoms with Crippen LogP contribution in [0.1, 0.15) is 24.2 Å². The van der Waals surface area contributed by atoms with Crippen molar-refractivity contribution in [2.45, 2.75) is 25.5 Å². The minimum Gasteiger partial charge on any atom is -0.493 e. The lowest BCUT2D eigenvalue weighted by Gasteiger charge is -2.13. The zero-order chi connectivity index (χ0) is 22.4. The fraction of sp³-hybridized carbons (Fsp3) is 0.429.